The number of thioether (sulfide) groups is 1. The first kappa shape index (κ1) is 22.2. The lowest BCUT2D eigenvalue weighted by Gasteiger charge is -2.26. The molecule has 10 heteroatoms. The fourth-order valence-electron chi connectivity index (χ4n) is 3.16. The van der Waals surface area contributed by atoms with Crippen molar-refractivity contribution in [3.05, 3.63) is 59.7 Å². The Balaban J connectivity index is 1.25. The van der Waals surface area contributed by atoms with E-state index in [1.165, 1.54) is 9.01 Å². The van der Waals surface area contributed by atoms with Gasteiger partial charge < -0.3 is 10.1 Å². The van der Waals surface area contributed by atoms with Crippen molar-refractivity contribution in [1.29, 1.82) is 0 Å². The van der Waals surface area contributed by atoms with Gasteiger partial charge in [0.2, 0.25) is 10.0 Å². The largest absolute Gasteiger partial charge is 0.379 e. The molecule has 1 aromatic heterocycles. The molecule has 1 aliphatic rings. The number of benzene rings is 2. The normalized spacial score (nSPS) is 15.2. The third-order valence-corrected chi connectivity index (χ3v) is 8.98. The molecular weight excluding hydrogens is 454 g/mol. The van der Waals surface area contributed by atoms with E-state index in [1.54, 1.807) is 35.2 Å². The van der Waals surface area contributed by atoms with Gasteiger partial charge in [-0.1, -0.05) is 36.0 Å². The number of morpholine rings is 1. The highest BCUT2D eigenvalue weighted by Gasteiger charge is 2.24. The Morgan fingerprint density at radius 2 is 1.87 bits per heavy atom. The molecule has 2 heterocycles. The van der Waals surface area contributed by atoms with Crippen LogP contribution in [0.15, 0.2) is 52.9 Å². The molecule has 1 saturated heterocycles. The van der Waals surface area contributed by atoms with E-state index in [-0.39, 0.29) is 18.2 Å². The minimum Gasteiger partial charge on any atom is -0.379 e. The van der Waals surface area contributed by atoms with E-state index in [1.807, 2.05) is 30.3 Å². The SMILES string of the molecule is O=C(NCCS(=O)(=O)N1CCOCC1)c1ccc(CSc2nc3ccccc3s2)cc1. The van der Waals surface area contributed by atoms with Gasteiger partial charge in [0.25, 0.3) is 5.91 Å². The molecule has 0 bridgehead atoms. The summed E-state index contributed by atoms with van der Waals surface area (Å²) in [5.74, 6) is 0.373. The third kappa shape index (κ3) is 5.83. The van der Waals surface area contributed by atoms with Crippen LogP contribution in [-0.2, 0) is 20.5 Å². The summed E-state index contributed by atoms with van der Waals surface area (Å²) in [6, 6.07) is 15.4. The number of thiazole rings is 1. The first-order valence-corrected chi connectivity index (χ1v) is 13.3. The number of amides is 1. The molecule has 0 radical (unpaired) electrons. The fourth-order valence-corrected chi connectivity index (χ4v) is 6.51. The molecule has 0 unspecified atom stereocenters. The first-order valence-electron chi connectivity index (χ1n) is 9.92. The number of ether oxygens (including phenoxy) is 1. The van der Waals surface area contributed by atoms with Crippen LogP contribution in [-0.4, -0.2) is 62.2 Å². The average molecular weight is 478 g/mol. The molecule has 164 valence electrons. The lowest BCUT2D eigenvalue weighted by atomic mass is 10.1. The van der Waals surface area contributed by atoms with Crippen LogP contribution < -0.4 is 5.32 Å². The molecule has 0 atom stereocenters. The summed E-state index contributed by atoms with van der Waals surface area (Å²) < 4.78 is 33.4. The lowest BCUT2D eigenvalue weighted by Crippen LogP contribution is -2.43. The molecular formula is C21H23N3O4S3. The van der Waals surface area contributed by atoms with Crippen molar-refractivity contribution >= 4 is 49.2 Å². The van der Waals surface area contributed by atoms with Gasteiger partial charge in [-0.2, -0.15) is 4.31 Å². The van der Waals surface area contributed by atoms with Crippen LogP contribution in [0.5, 0.6) is 0 Å². The molecule has 1 aliphatic heterocycles. The van der Waals surface area contributed by atoms with Crippen molar-refractivity contribution in [1.82, 2.24) is 14.6 Å². The Labute approximate surface area is 189 Å². The van der Waals surface area contributed by atoms with Crippen LogP contribution in [0.3, 0.4) is 0 Å². The Morgan fingerprint density at radius 1 is 1.13 bits per heavy atom. The Kier molecular flexibility index (Phi) is 7.24. The first-order chi connectivity index (χ1) is 15.0. The second kappa shape index (κ2) is 10.1. The van der Waals surface area contributed by atoms with Crippen molar-refractivity contribution in [2.24, 2.45) is 0 Å². The summed E-state index contributed by atoms with van der Waals surface area (Å²) in [5.41, 5.74) is 2.62. The van der Waals surface area contributed by atoms with E-state index in [0.29, 0.717) is 31.9 Å². The standard InChI is InChI=1S/C21H23N3O4S3/c25-20(22-9-14-31(26,27)24-10-12-28-13-11-24)17-7-5-16(6-8-17)15-29-21-23-18-3-1-2-4-19(18)30-21/h1-8H,9-15H2,(H,22,25). The van der Waals surface area contributed by atoms with Gasteiger partial charge in [-0.15, -0.1) is 11.3 Å². The van der Waals surface area contributed by atoms with Crippen LogP contribution in [0, 0.1) is 0 Å². The van der Waals surface area contributed by atoms with Crippen molar-refractivity contribution in [3.8, 4) is 0 Å². The van der Waals surface area contributed by atoms with Gasteiger partial charge >= 0.3 is 0 Å². The highest BCUT2D eigenvalue weighted by atomic mass is 32.2. The summed E-state index contributed by atoms with van der Waals surface area (Å²) in [4.78, 5) is 17.0. The molecule has 31 heavy (non-hydrogen) atoms. The van der Waals surface area contributed by atoms with Gasteiger partial charge in [0.15, 0.2) is 4.34 Å². The molecule has 1 fully saturated rings. The van der Waals surface area contributed by atoms with Crippen molar-refractivity contribution in [3.63, 3.8) is 0 Å². The van der Waals surface area contributed by atoms with Crippen molar-refractivity contribution < 1.29 is 17.9 Å². The summed E-state index contributed by atoms with van der Waals surface area (Å²) in [5, 5.41) is 2.70. The Bertz CT molecular complexity index is 1110. The van der Waals surface area contributed by atoms with Crippen LogP contribution in [0.4, 0.5) is 0 Å². The van der Waals surface area contributed by atoms with Crippen molar-refractivity contribution in [2.75, 3.05) is 38.6 Å². The van der Waals surface area contributed by atoms with Crippen LogP contribution in [0.1, 0.15) is 15.9 Å². The summed E-state index contributed by atoms with van der Waals surface area (Å²) >= 11 is 3.34. The van der Waals surface area contributed by atoms with Gasteiger partial charge in [0.1, 0.15) is 0 Å². The quantitative estimate of drug-likeness (QED) is 0.502. The Hall–Kier alpha value is -1.98. The molecule has 1 N–H and O–H groups in total. The highest BCUT2D eigenvalue weighted by Crippen LogP contribution is 2.31. The maximum Gasteiger partial charge on any atom is 0.251 e. The van der Waals surface area contributed by atoms with Crippen molar-refractivity contribution in [2.45, 2.75) is 10.1 Å². The van der Waals surface area contributed by atoms with E-state index in [2.05, 4.69) is 16.4 Å². The molecule has 7 nitrogen and oxygen atoms in total. The summed E-state index contributed by atoms with van der Waals surface area (Å²) in [6.45, 7) is 1.64. The summed E-state index contributed by atoms with van der Waals surface area (Å²) in [6.07, 6.45) is 0. The number of nitrogens with one attached hydrogen (secondary N) is 1. The van der Waals surface area contributed by atoms with Gasteiger partial charge in [0.05, 0.1) is 29.2 Å². The fraction of sp³-hybridized carbons (Fsp3) is 0.333. The zero-order valence-corrected chi connectivity index (χ0v) is 19.3. The predicted octanol–water partition coefficient (Wildman–Crippen LogP) is 2.98. The van der Waals surface area contributed by atoms with Crippen LogP contribution >= 0.6 is 23.1 Å². The lowest BCUT2D eigenvalue weighted by molar-refractivity contribution is 0.0730. The maximum absolute atomic E-state index is 12.3. The molecule has 0 spiro atoms. The molecule has 0 aliphatic carbocycles. The molecule has 3 aromatic rings. The van der Waals surface area contributed by atoms with Gasteiger partial charge in [0, 0.05) is 31.0 Å². The minimum atomic E-state index is -3.38. The number of para-hydroxylation sites is 1. The van der Waals surface area contributed by atoms with E-state index >= 15 is 0 Å². The molecule has 4 rings (SSSR count). The molecule has 0 saturated carbocycles. The van der Waals surface area contributed by atoms with E-state index in [9.17, 15) is 13.2 Å². The van der Waals surface area contributed by atoms with E-state index in [4.69, 9.17) is 4.74 Å². The van der Waals surface area contributed by atoms with Gasteiger partial charge in [-0.3, -0.25) is 4.79 Å². The summed E-state index contributed by atoms with van der Waals surface area (Å²) in [7, 11) is -3.38. The number of fused-ring (bicyclic) bond motifs is 1. The number of rotatable bonds is 8. The van der Waals surface area contributed by atoms with Crippen LogP contribution in [0.25, 0.3) is 10.2 Å². The molecule has 2 aromatic carbocycles. The number of aromatic nitrogens is 1. The number of hydrogen-bond donors (Lipinski definition) is 1. The zero-order chi connectivity index (χ0) is 21.7. The minimum absolute atomic E-state index is 0.0771. The number of carbonyl (C=O) groups is 1. The highest BCUT2D eigenvalue weighted by molar-refractivity contribution is 8.00. The smallest absolute Gasteiger partial charge is 0.251 e. The Morgan fingerprint density at radius 3 is 2.61 bits per heavy atom. The second-order valence-electron chi connectivity index (χ2n) is 7.02. The third-order valence-electron chi connectivity index (χ3n) is 4.86. The predicted molar refractivity (Wildman–Crippen MR) is 124 cm³/mol. The number of carbonyl (C=O) groups excluding carboxylic acids is 1. The second-order valence-corrected chi connectivity index (χ2v) is 11.4. The van der Waals surface area contributed by atoms with Gasteiger partial charge in [-0.05, 0) is 29.8 Å². The van der Waals surface area contributed by atoms with Gasteiger partial charge in [-0.25, -0.2) is 13.4 Å². The maximum atomic E-state index is 12.3. The average Bonchev–Trinajstić information content (AvgIpc) is 3.21. The molecule has 1 amide bonds. The van der Waals surface area contributed by atoms with E-state index < -0.39 is 10.0 Å². The number of nitrogens with zero attached hydrogens (tertiary/aromatic N) is 2. The monoisotopic (exact) mass is 477 g/mol. The number of sulfonamides is 1. The zero-order valence-electron chi connectivity index (χ0n) is 16.8. The topological polar surface area (TPSA) is 88.6 Å². The number of hydrogen-bond acceptors (Lipinski definition) is 7. The van der Waals surface area contributed by atoms with E-state index in [0.717, 1.165) is 21.2 Å². The van der Waals surface area contributed by atoms with Crippen LogP contribution in [0.2, 0.25) is 0 Å².